The number of hydrogen-bond donors (Lipinski definition) is 2. The molecule has 0 amide bonds. The Balaban J connectivity index is 2.43. The standard InChI is InChI=1S/C11H12O4/c12-9(11(13)14)8-5-1-3-7-4-2-6-15-10(7)8/h1,3,5,9,12H,2,4,6H2,(H,13,14). The fourth-order valence-electron chi connectivity index (χ4n) is 1.76. The molecule has 0 aromatic heterocycles. The van der Waals surface area contributed by atoms with Crippen molar-refractivity contribution in [3.63, 3.8) is 0 Å². The Morgan fingerprint density at radius 2 is 2.27 bits per heavy atom. The van der Waals surface area contributed by atoms with Crippen LogP contribution in [-0.2, 0) is 11.2 Å². The Hall–Kier alpha value is -1.55. The zero-order chi connectivity index (χ0) is 10.8. The van der Waals surface area contributed by atoms with Crippen LogP contribution < -0.4 is 4.74 Å². The van der Waals surface area contributed by atoms with Crippen molar-refractivity contribution in [3.8, 4) is 5.75 Å². The highest BCUT2D eigenvalue weighted by molar-refractivity contribution is 5.75. The van der Waals surface area contributed by atoms with Crippen LogP contribution in [0.15, 0.2) is 18.2 Å². The van der Waals surface area contributed by atoms with Gasteiger partial charge in [0.2, 0.25) is 0 Å². The smallest absolute Gasteiger partial charge is 0.337 e. The molecule has 1 aliphatic rings. The summed E-state index contributed by atoms with van der Waals surface area (Å²) in [7, 11) is 0. The maximum absolute atomic E-state index is 10.7. The molecule has 0 radical (unpaired) electrons. The van der Waals surface area contributed by atoms with E-state index >= 15 is 0 Å². The first-order valence-electron chi connectivity index (χ1n) is 4.85. The minimum atomic E-state index is -1.50. The molecule has 0 saturated heterocycles. The van der Waals surface area contributed by atoms with Gasteiger partial charge in [0.25, 0.3) is 0 Å². The number of hydrogen-bond acceptors (Lipinski definition) is 3. The molecule has 80 valence electrons. The highest BCUT2D eigenvalue weighted by atomic mass is 16.5. The molecule has 0 saturated carbocycles. The average molecular weight is 208 g/mol. The third-order valence-electron chi connectivity index (χ3n) is 2.49. The van der Waals surface area contributed by atoms with E-state index < -0.39 is 12.1 Å². The first-order valence-corrected chi connectivity index (χ1v) is 4.85. The summed E-state index contributed by atoms with van der Waals surface area (Å²) in [5.41, 5.74) is 1.32. The fraction of sp³-hybridized carbons (Fsp3) is 0.364. The van der Waals surface area contributed by atoms with Crippen LogP contribution in [0.25, 0.3) is 0 Å². The Bertz CT molecular complexity index is 386. The first kappa shape index (κ1) is 9.98. The van der Waals surface area contributed by atoms with E-state index in [0.29, 0.717) is 17.9 Å². The molecule has 1 atom stereocenters. The van der Waals surface area contributed by atoms with Crippen molar-refractivity contribution in [2.45, 2.75) is 18.9 Å². The van der Waals surface area contributed by atoms with Crippen molar-refractivity contribution in [1.82, 2.24) is 0 Å². The Labute approximate surface area is 87.1 Å². The van der Waals surface area contributed by atoms with Gasteiger partial charge < -0.3 is 14.9 Å². The van der Waals surface area contributed by atoms with E-state index in [-0.39, 0.29) is 0 Å². The van der Waals surface area contributed by atoms with Crippen LogP contribution in [0, 0.1) is 0 Å². The van der Waals surface area contributed by atoms with E-state index in [4.69, 9.17) is 9.84 Å². The molecule has 1 aromatic rings. The second-order valence-electron chi connectivity index (χ2n) is 3.53. The van der Waals surface area contributed by atoms with Crippen molar-refractivity contribution < 1.29 is 19.7 Å². The second kappa shape index (κ2) is 3.90. The lowest BCUT2D eigenvalue weighted by Crippen LogP contribution is -2.16. The Morgan fingerprint density at radius 1 is 1.47 bits per heavy atom. The molecule has 0 bridgehead atoms. The van der Waals surface area contributed by atoms with Gasteiger partial charge in [0.15, 0.2) is 6.10 Å². The van der Waals surface area contributed by atoms with Crippen LogP contribution in [0.3, 0.4) is 0 Å². The number of carboxylic acid groups (broad SMARTS) is 1. The normalized spacial score (nSPS) is 16.3. The number of aliphatic hydroxyl groups excluding tert-OH is 1. The molecule has 2 rings (SSSR count). The number of fused-ring (bicyclic) bond motifs is 1. The van der Waals surface area contributed by atoms with Crippen molar-refractivity contribution in [2.75, 3.05) is 6.61 Å². The number of aryl methyl sites for hydroxylation is 1. The molecule has 1 unspecified atom stereocenters. The Morgan fingerprint density at radius 3 is 3.00 bits per heavy atom. The minimum Gasteiger partial charge on any atom is -0.493 e. The van der Waals surface area contributed by atoms with E-state index in [9.17, 15) is 9.90 Å². The average Bonchev–Trinajstić information content (AvgIpc) is 2.27. The number of rotatable bonds is 2. The van der Waals surface area contributed by atoms with E-state index in [0.717, 1.165) is 18.4 Å². The Kier molecular flexibility index (Phi) is 2.60. The topological polar surface area (TPSA) is 66.8 Å². The molecular weight excluding hydrogens is 196 g/mol. The highest BCUT2D eigenvalue weighted by Crippen LogP contribution is 2.32. The molecule has 0 fully saturated rings. The zero-order valence-electron chi connectivity index (χ0n) is 8.14. The van der Waals surface area contributed by atoms with Crippen LogP contribution in [0.1, 0.15) is 23.7 Å². The van der Waals surface area contributed by atoms with Crippen LogP contribution in [-0.4, -0.2) is 22.8 Å². The van der Waals surface area contributed by atoms with Crippen LogP contribution in [0.5, 0.6) is 5.75 Å². The molecule has 1 aromatic carbocycles. The predicted octanol–water partition coefficient (Wildman–Crippen LogP) is 1.13. The lowest BCUT2D eigenvalue weighted by Gasteiger charge is -2.21. The summed E-state index contributed by atoms with van der Waals surface area (Å²) in [5.74, 6) is -0.712. The van der Waals surface area contributed by atoms with Gasteiger partial charge in [-0.15, -0.1) is 0 Å². The quantitative estimate of drug-likeness (QED) is 0.764. The van der Waals surface area contributed by atoms with Crippen molar-refractivity contribution in [3.05, 3.63) is 29.3 Å². The van der Waals surface area contributed by atoms with E-state index in [1.54, 1.807) is 12.1 Å². The molecule has 0 aliphatic carbocycles. The van der Waals surface area contributed by atoms with Gasteiger partial charge in [-0.05, 0) is 18.4 Å². The molecular formula is C11H12O4. The van der Waals surface area contributed by atoms with Gasteiger partial charge in [0.05, 0.1) is 6.61 Å². The summed E-state index contributed by atoms with van der Waals surface area (Å²) in [6, 6.07) is 5.23. The summed E-state index contributed by atoms with van der Waals surface area (Å²) in [5, 5.41) is 18.2. The van der Waals surface area contributed by atoms with Crippen LogP contribution >= 0.6 is 0 Å². The van der Waals surface area contributed by atoms with Gasteiger partial charge >= 0.3 is 5.97 Å². The number of aliphatic hydroxyl groups is 1. The number of aliphatic carboxylic acids is 1. The lowest BCUT2D eigenvalue weighted by molar-refractivity contribution is -0.147. The van der Waals surface area contributed by atoms with Crippen LogP contribution in [0.4, 0.5) is 0 Å². The molecule has 1 heterocycles. The summed E-state index contributed by atoms with van der Waals surface area (Å²) in [6.45, 7) is 0.580. The van der Waals surface area contributed by atoms with Crippen molar-refractivity contribution in [2.24, 2.45) is 0 Å². The number of benzene rings is 1. The maximum atomic E-state index is 10.7. The van der Waals surface area contributed by atoms with Crippen LogP contribution in [0.2, 0.25) is 0 Å². The number of ether oxygens (including phenoxy) is 1. The van der Waals surface area contributed by atoms with E-state index in [2.05, 4.69) is 0 Å². The molecule has 4 nitrogen and oxygen atoms in total. The SMILES string of the molecule is O=C(O)C(O)c1cccc2c1OCCC2. The predicted molar refractivity (Wildman–Crippen MR) is 52.9 cm³/mol. The molecule has 0 spiro atoms. The van der Waals surface area contributed by atoms with E-state index in [1.165, 1.54) is 0 Å². The van der Waals surface area contributed by atoms with Gasteiger partial charge in [0, 0.05) is 5.56 Å². The summed E-state index contributed by atoms with van der Waals surface area (Å²) in [6.07, 6.45) is 0.299. The van der Waals surface area contributed by atoms with Gasteiger partial charge in [-0.3, -0.25) is 0 Å². The summed E-state index contributed by atoms with van der Waals surface area (Å²) >= 11 is 0. The molecule has 2 N–H and O–H groups in total. The summed E-state index contributed by atoms with van der Waals surface area (Å²) < 4.78 is 5.40. The lowest BCUT2D eigenvalue weighted by atomic mass is 9.99. The van der Waals surface area contributed by atoms with Gasteiger partial charge in [-0.2, -0.15) is 0 Å². The third kappa shape index (κ3) is 1.80. The monoisotopic (exact) mass is 208 g/mol. The van der Waals surface area contributed by atoms with Gasteiger partial charge in [-0.25, -0.2) is 4.79 Å². The maximum Gasteiger partial charge on any atom is 0.337 e. The zero-order valence-corrected chi connectivity index (χ0v) is 8.14. The first-order chi connectivity index (χ1) is 7.20. The number of carbonyl (C=O) groups is 1. The second-order valence-corrected chi connectivity index (χ2v) is 3.53. The molecule has 4 heteroatoms. The third-order valence-corrected chi connectivity index (χ3v) is 2.49. The molecule has 15 heavy (non-hydrogen) atoms. The van der Waals surface area contributed by atoms with Crippen molar-refractivity contribution in [1.29, 1.82) is 0 Å². The molecule has 1 aliphatic heterocycles. The summed E-state index contributed by atoms with van der Waals surface area (Å²) in [4.78, 5) is 10.7. The van der Waals surface area contributed by atoms with Gasteiger partial charge in [-0.1, -0.05) is 18.2 Å². The highest BCUT2D eigenvalue weighted by Gasteiger charge is 2.23. The number of para-hydroxylation sites is 1. The largest absolute Gasteiger partial charge is 0.493 e. The van der Waals surface area contributed by atoms with E-state index in [1.807, 2.05) is 6.07 Å². The van der Waals surface area contributed by atoms with Gasteiger partial charge in [0.1, 0.15) is 5.75 Å². The minimum absolute atomic E-state index is 0.347. The fourth-order valence-corrected chi connectivity index (χ4v) is 1.76. The number of carboxylic acids is 1. The van der Waals surface area contributed by atoms with Crippen molar-refractivity contribution >= 4 is 5.97 Å².